The third kappa shape index (κ3) is 1.56. The average Bonchev–Trinajstić information content (AvgIpc) is 2.40. The van der Waals surface area contributed by atoms with Crippen LogP contribution in [0, 0.1) is 0 Å². The summed E-state index contributed by atoms with van der Waals surface area (Å²) in [5, 5.41) is 11.8. The van der Waals surface area contributed by atoms with Gasteiger partial charge in [0.15, 0.2) is 0 Å². The Morgan fingerprint density at radius 3 is 3.10 bits per heavy atom. The van der Waals surface area contributed by atoms with Crippen molar-refractivity contribution in [3.63, 3.8) is 0 Å². The lowest BCUT2D eigenvalue weighted by Gasteiger charge is -1.96. The fourth-order valence-corrected chi connectivity index (χ4v) is 0.576. The van der Waals surface area contributed by atoms with Crippen molar-refractivity contribution in [1.29, 1.82) is 0 Å². The Kier molecular flexibility index (Phi) is 2.01. The lowest BCUT2D eigenvalue weighted by molar-refractivity contribution is -0.130. The molecule has 0 aliphatic carbocycles. The molecular weight excluding hydrogens is 134 g/mol. The molecule has 0 atom stereocenters. The van der Waals surface area contributed by atoms with E-state index >= 15 is 0 Å². The number of rotatable bonds is 2. The molecule has 0 saturated heterocycles. The zero-order valence-electron chi connectivity index (χ0n) is 5.19. The second kappa shape index (κ2) is 2.98. The van der Waals surface area contributed by atoms with Gasteiger partial charge in [-0.15, -0.1) is 0 Å². The molecular formula is C5H7N3O2. The predicted octanol–water partition coefficient (Wildman–Crippen LogP) is -0.612. The maximum atomic E-state index is 10.5. The van der Waals surface area contributed by atoms with Crippen LogP contribution < -0.4 is 5.48 Å². The largest absolute Gasteiger partial charge is 0.289 e. The van der Waals surface area contributed by atoms with Crippen LogP contribution in [0.25, 0.3) is 0 Å². The van der Waals surface area contributed by atoms with Crippen LogP contribution in [-0.2, 0) is 11.3 Å². The SMILES string of the molecule is O=C(Cn1cccn1)NO. The van der Waals surface area contributed by atoms with Gasteiger partial charge in [0.05, 0.1) is 0 Å². The smallest absolute Gasteiger partial charge is 0.265 e. The maximum absolute atomic E-state index is 10.5. The molecule has 0 bridgehead atoms. The monoisotopic (exact) mass is 141 g/mol. The number of aromatic nitrogens is 2. The molecule has 2 N–H and O–H groups in total. The number of carbonyl (C=O) groups is 1. The third-order valence-electron chi connectivity index (χ3n) is 0.989. The topological polar surface area (TPSA) is 67.2 Å². The number of hydroxylamine groups is 1. The Morgan fingerprint density at radius 1 is 1.80 bits per heavy atom. The molecule has 54 valence electrons. The molecule has 5 heteroatoms. The number of amides is 1. The summed E-state index contributed by atoms with van der Waals surface area (Å²) >= 11 is 0. The summed E-state index contributed by atoms with van der Waals surface area (Å²) in [7, 11) is 0. The Labute approximate surface area is 57.2 Å². The summed E-state index contributed by atoms with van der Waals surface area (Å²) in [6, 6.07) is 1.70. The van der Waals surface area contributed by atoms with E-state index in [-0.39, 0.29) is 6.54 Å². The summed E-state index contributed by atoms with van der Waals surface area (Å²) in [4.78, 5) is 10.5. The van der Waals surface area contributed by atoms with E-state index in [1.807, 2.05) is 0 Å². The highest BCUT2D eigenvalue weighted by atomic mass is 16.5. The molecule has 1 aromatic heterocycles. The highest BCUT2D eigenvalue weighted by Crippen LogP contribution is 1.82. The number of hydrogen-bond acceptors (Lipinski definition) is 3. The summed E-state index contributed by atoms with van der Waals surface area (Å²) in [6.07, 6.45) is 3.19. The molecule has 0 fully saturated rings. The van der Waals surface area contributed by atoms with Crippen LogP contribution in [0.5, 0.6) is 0 Å². The third-order valence-corrected chi connectivity index (χ3v) is 0.989. The van der Waals surface area contributed by atoms with Crippen molar-refractivity contribution in [2.24, 2.45) is 0 Å². The first kappa shape index (κ1) is 6.76. The van der Waals surface area contributed by atoms with Crippen molar-refractivity contribution < 1.29 is 10.0 Å². The summed E-state index contributed by atoms with van der Waals surface area (Å²) in [5.41, 5.74) is 1.50. The fourth-order valence-electron chi connectivity index (χ4n) is 0.576. The van der Waals surface area contributed by atoms with E-state index in [2.05, 4.69) is 5.10 Å². The van der Waals surface area contributed by atoms with Crippen molar-refractivity contribution in [3.8, 4) is 0 Å². The van der Waals surface area contributed by atoms with Gasteiger partial charge in [0.2, 0.25) is 0 Å². The fraction of sp³-hybridized carbons (Fsp3) is 0.200. The van der Waals surface area contributed by atoms with Crippen molar-refractivity contribution in [1.82, 2.24) is 15.3 Å². The second-order valence-corrected chi connectivity index (χ2v) is 1.74. The summed E-state index contributed by atoms with van der Waals surface area (Å²) < 4.78 is 1.41. The van der Waals surface area contributed by atoms with E-state index in [1.54, 1.807) is 18.5 Å². The summed E-state index contributed by atoms with van der Waals surface area (Å²) in [6.45, 7) is 0.0451. The van der Waals surface area contributed by atoms with Crippen molar-refractivity contribution in [2.45, 2.75) is 6.54 Å². The minimum atomic E-state index is -0.483. The summed E-state index contributed by atoms with van der Waals surface area (Å²) in [5.74, 6) is -0.483. The first-order chi connectivity index (χ1) is 4.83. The molecule has 1 rings (SSSR count). The van der Waals surface area contributed by atoms with Gasteiger partial charge in [-0.3, -0.25) is 14.7 Å². The van der Waals surface area contributed by atoms with Crippen molar-refractivity contribution in [2.75, 3.05) is 0 Å². The number of carbonyl (C=O) groups excluding carboxylic acids is 1. The highest BCUT2D eigenvalue weighted by molar-refractivity contribution is 5.74. The van der Waals surface area contributed by atoms with Gasteiger partial charge in [0, 0.05) is 12.4 Å². The molecule has 0 aliphatic heterocycles. The van der Waals surface area contributed by atoms with Gasteiger partial charge in [-0.05, 0) is 6.07 Å². The van der Waals surface area contributed by atoms with Gasteiger partial charge >= 0.3 is 0 Å². The lowest BCUT2D eigenvalue weighted by Crippen LogP contribution is -2.24. The average molecular weight is 141 g/mol. The zero-order chi connectivity index (χ0) is 7.40. The molecule has 1 amide bonds. The van der Waals surface area contributed by atoms with Crippen LogP contribution in [0.1, 0.15) is 0 Å². The van der Waals surface area contributed by atoms with Gasteiger partial charge in [0.1, 0.15) is 6.54 Å². The maximum Gasteiger partial charge on any atom is 0.265 e. The minimum Gasteiger partial charge on any atom is -0.289 e. The lowest BCUT2D eigenvalue weighted by atomic mass is 10.6. The Balaban J connectivity index is 2.48. The van der Waals surface area contributed by atoms with E-state index in [9.17, 15) is 4.79 Å². The van der Waals surface area contributed by atoms with Gasteiger partial charge < -0.3 is 0 Å². The van der Waals surface area contributed by atoms with E-state index in [0.29, 0.717) is 0 Å². The normalized spacial score (nSPS) is 9.30. The highest BCUT2D eigenvalue weighted by Gasteiger charge is 1.98. The van der Waals surface area contributed by atoms with Crippen LogP contribution in [0.15, 0.2) is 18.5 Å². The quantitative estimate of drug-likeness (QED) is 0.426. The molecule has 10 heavy (non-hydrogen) atoms. The van der Waals surface area contributed by atoms with Gasteiger partial charge in [-0.1, -0.05) is 0 Å². The van der Waals surface area contributed by atoms with E-state index in [0.717, 1.165) is 0 Å². The standard InChI is InChI=1S/C5H7N3O2/c9-5(7-10)4-8-3-1-2-6-8/h1-3,10H,4H2,(H,7,9). The molecule has 0 aliphatic rings. The molecule has 1 heterocycles. The van der Waals surface area contributed by atoms with Gasteiger partial charge in [-0.25, -0.2) is 5.48 Å². The van der Waals surface area contributed by atoms with Crippen LogP contribution in [0.2, 0.25) is 0 Å². The van der Waals surface area contributed by atoms with E-state index in [1.165, 1.54) is 10.2 Å². The predicted molar refractivity (Wildman–Crippen MR) is 32.2 cm³/mol. The van der Waals surface area contributed by atoms with Gasteiger partial charge in [0.25, 0.3) is 5.91 Å². The van der Waals surface area contributed by atoms with Crippen LogP contribution in [0.4, 0.5) is 0 Å². The van der Waals surface area contributed by atoms with Gasteiger partial charge in [-0.2, -0.15) is 5.10 Å². The van der Waals surface area contributed by atoms with Crippen LogP contribution in [-0.4, -0.2) is 20.9 Å². The van der Waals surface area contributed by atoms with Crippen LogP contribution in [0.3, 0.4) is 0 Å². The Bertz CT molecular complexity index is 207. The van der Waals surface area contributed by atoms with Crippen LogP contribution >= 0.6 is 0 Å². The first-order valence-corrected chi connectivity index (χ1v) is 2.73. The second-order valence-electron chi connectivity index (χ2n) is 1.74. The van der Waals surface area contributed by atoms with Crippen molar-refractivity contribution >= 4 is 5.91 Å². The molecule has 0 radical (unpaired) electrons. The molecule has 0 spiro atoms. The molecule has 0 unspecified atom stereocenters. The molecule has 5 nitrogen and oxygen atoms in total. The molecule has 1 aromatic rings. The van der Waals surface area contributed by atoms with E-state index in [4.69, 9.17) is 5.21 Å². The first-order valence-electron chi connectivity index (χ1n) is 2.73. The molecule has 0 saturated carbocycles. The van der Waals surface area contributed by atoms with E-state index < -0.39 is 5.91 Å². The number of nitrogens with zero attached hydrogens (tertiary/aromatic N) is 2. The molecule has 0 aromatic carbocycles. The number of nitrogens with one attached hydrogen (secondary N) is 1. The van der Waals surface area contributed by atoms with Crippen molar-refractivity contribution in [3.05, 3.63) is 18.5 Å². The number of hydrogen-bond donors (Lipinski definition) is 2. The Morgan fingerprint density at radius 2 is 2.60 bits per heavy atom. The Hall–Kier alpha value is -1.36. The zero-order valence-corrected chi connectivity index (χ0v) is 5.19. The minimum absolute atomic E-state index is 0.0451.